The fourth-order valence-corrected chi connectivity index (χ4v) is 4.17. The van der Waals surface area contributed by atoms with Crippen molar-refractivity contribution in [3.05, 3.63) is 94.3 Å². The molecule has 1 heterocycles. The van der Waals surface area contributed by atoms with E-state index in [1.165, 1.54) is 36.0 Å². The van der Waals surface area contributed by atoms with Gasteiger partial charge in [0, 0.05) is 17.8 Å². The molecule has 0 aliphatic heterocycles. The molecule has 7 nitrogen and oxygen atoms in total. The molecular weight excluding hydrogens is 431 g/mol. The van der Waals surface area contributed by atoms with Gasteiger partial charge in [0.2, 0.25) is 5.91 Å². The molecule has 4 rings (SSSR count). The van der Waals surface area contributed by atoms with E-state index in [-0.39, 0.29) is 29.2 Å². The van der Waals surface area contributed by atoms with Gasteiger partial charge in [-0.05, 0) is 42.8 Å². The normalized spacial score (nSPS) is 11.9. The van der Waals surface area contributed by atoms with Crippen LogP contribution in [-0.4, -0.2) is 26.1 Å². The first-order valence-corrected chi connectivity index (χ1v) is 10.8. The van der Waals surface area contributed by atoms with Crippen molar-refractivity contribution < 1.29 is 14.1 Å². The van der Waals surface area contributed by atoms with Gasteiger partial charge in [-0.25, -0.2) is 9.37 Å². The Bertz CT molecular complexity index is 1280. The summed E-state index contributed by atoms with van der Waals surface area (Å²) in [5.74, 6) is -0.448. The number of nitrogens with zero attached hydrogens (tertiary/aromatic N) is 3. The molecule has 4 aromatic rings. The predicted octanol–water partition coefficient (Wildman–Crippen LogP) is 5.04. The smallest absolute Gasteiger partial charge is 0.271 e. The molecule has 1 aromatic heterocycles. The molecule has 3 aromatic carbocycles. The van der Waals surface area contributed by atoms with E-state index in [0.29, 0.717) is 21.9 Å². The molecule has 32 heavy (non-hydrogen) atoms. The van der Waals surface area contributed by atoms with Crippen LogP contribution in [0.2, 0.25) is 0 Å². The summed E-state index contributed by atoms with van der Waals surface area (Å²) >= 11 is 1.21. The Labute approximate surface area is 187 Å². The number of non-ortho nitro benzene ring substituents is 1. The van der Waals surface area contributed by atoms with Crippen molar-refractivity contribution in [2.45, 2.75) is 18.1 Å². The van der Waals surface area contributed by atoms with E-state index in [4.69, 9.17) is 0 Å². The SMILES string of the molecule is C[C@@H](NC(=O)CSc1nc2cc([N+](=O)[O-])ccc2n1-c1ccc(F)cc1)c1ccccc1. The first-order chi connectivity index (χ1) is 15.4. The fraction of sp³-hybridized carbons (Fsp3) is 0.130. The van der Waals surface area contributed by atoms with Crippen LogP contribution in [0.3, 0.4) is 0 Å². The molecule has 0 bridgehead atoms. The lowest BCUT2D eigenvalue weighted by molar-refractivity contribution is -0.384. The van der Waals surface area contributed by atoms with Crippen LogP contribution in [0.4, 0.5) is 10.1 Å². The van der Waals surface area contributed by atoms with Gasteiger partial charge in [-0.3, -0.25) is 19.5 Å². The minimum absolute atomic E-state index is 0.0766. The molecule has 0 spiro atoms. The summed E-state index contributed by atoms with van der Waals surface area (Å²) in [7, 11) is 0. The third-order valence-electron chi connectivity index (χ3n) is 4.91. The number of halogens is 1. The monoisotopic (exact) mass is 450 g/mol. The van der Waals surface area contributed by atoms with Crippen molar-refractivity contribution in [2.75, 3.05) is 5.75 Å². The number of fused-ring (bicyclic) bond motifs is 1. The Morgan fingerprint density at radius 1 is 1.16 bits per heavy atom. The van der Waals surface area contributed by atoms with E-state index < -0.39 is 4.92 Å². The van der Waals surface area contributed by atoms with Crippen molar-refractivity contribution in [2.24, 2.45) is 0 Å². The molecule has 0 unspecified atom stereocenters. The first-order valence-electron chi connectivity index (χ1n) is 9.82. The number of hydrogen-bond acceptors (Lipinski definition) is 5. The Hall–Kier alpha value is -3.72. The number of rotatable bonds is 7. The van der Waals surface area contributed by atoms with Gasteiger partial charge in [0.15, 0.2) is 5.16 Å². The quantitative estimate of drug-likeness (QED) is 0.242. The van der Waals surface area contributed by atoms with Crippen LogP contribution in [0, 0.1) is 15.9 Å². The van der Waals surface area contributed by atoms with Crippen LogP contribution in [0.1, 0.15) is 18.5 Å². The van der Waals surface area contributed by atoms with Gasteiger partial charge in [-0.15, -0.1) is 0 Å². The summed E-state index contributed by atoms with van der Waals surface area (Å²) in [6, 6.07) is 19.7. The molecule has 0 fully saturated rings. The van der Waals surface area contributed by atoms with Gasteiger partial charge in [0.25, 0.3) is 5.69 Å². The van der Waals surface area contributed by atoms with E-state index >= 15 is 0 Å². The van der Waals surface area contributed by atoms with Crippen molar-refractivity contribution in [1.29, 1.82) is 0 Å². The number of nitro benzene ring substituents is 1. The van der Waals surface area contributed by atoms with Crippen LogP contribution in [0.15, 0.2) is 78.0 Å². The molecule has 0 saturated carbocycles. The third kappa shape index (κ3) is 4.62. The maximum atomic E-state index is 13.4. The van der Waals surface area contributed by atoms with E-state index in [2.05, 4.69) is 10.3 Å². The predicted molar refractivity (Wildman–Crippen MR) is 121 cm³/mol. The zero-order valence-corrected chi connectivity index (χ0v) is 17.9. The van der Waals surface area contributed by atoms with Gasteiger partial charge >= 0.3 is 0 Å². The van der Waals surface area contributed by atoms with Crippen LogP contribution < -0.4 is 5.32 Å². The highest BCUT2D eigenvalue weighted by atomic mass is 32.2. The number of carbonyl (C=O) groups is 1. The molecule has 1 N–H and O–H groups in total. The number of imidazole rings is 1. The van der Waals surface area contributed by atoms with Gasteiger partial charge in [0.05, 0.1) is 27.8 Å². The molecule has 1 amide bonds. The number of aromatic nitrogens is 2. The van der Waals surface area contributed by atoms with E-state index in [9.17, 15) is 19.3 Å². The number of carbonyl (C=O) groups excluding carboxylic acids is 1. The lowest BCUT2D eigenvalue weighted by Gasteiger charge is -2.14. The van der Waals surface area contributed by atoms with E-state index in [1.54, 1.807) is 22.8 Å². The van der Waals surface area contributed by atoms with Crippen molar-refractivity contribution in [1.82, 2.24) is 14.9 Å². The van der Waals surface area contributed by atoms with Crippen molar-refractivity contribution >= 4 is 34.4 Å². The highest BCUT2D eigenvalue weighted by molar-refractivity contribution is 7.99. The second-order valence-electron chi connectivity index (χ2n) is 7.12. The number of nitro groups is 1. The average Bonchev–Trinajstić information content (AvgIpc) is 3.16. The molecule has 0 radical (unpaired) electrons. The zero-order valence-electron chi connectivity index (χ0n) is 17.1. The summed E-state index contributed by atoms with van der Waals surface area (Å²) in [4.78, 5) is 27.7. The van der Waals surface area contributed by atoms with Gasteiger partial charge in [0.1, 0.15) is 5.82 Å². The van der Waals surface area contributed by atoms with Crippen LogP contribution in [-0.2, 0) is 4.79 Å². The molecular formula is C23H19FN4O3S. The Balaban J connectivity index is 1.60. The maximum Gasteiger partial charge on any atom is 0.271 e. The molecule has 0 aliphatic carbocycles. The number of benzene rings is 3. The second kappa shape index (κ2) is 9.19. The van der Waals surface area contributed by atoms with E-state index in [0.717, 1.165) is 5.56 Å². The second-order valence-corrected chi connectivity index (χ2v) is 8.07. The minimum Gasteiger partial charge on any atom is -0.349 e. The van der Waals surface area contributed by atoms with Crippen molar-refractivity contribution in [3.8, 4) is 5.69 Å². The summed E-state index contributed by atoms with van der Waals surface area (Å²) in [5, 5.41) is 14.6. The lowest BCUT2D eigenvalue weighted by Crippen LogP contribution is -2.28. The van der Waals surface area contributed by atoms with Crippen LogP contribution in [0.5, 0.6) is 0 Å². The largest absolute Gasteiger partial charge is 0.349 e. The lowest BCUT2D eigenvalue weighted by atomic mass is 10.1. The fourth-order valence-electron chi connectivity index (χ4n) is 3.33. The standard InChI is InChI=1S/C23H19FN4O3S/c1-15(16-5-3-2-4-6-16)25-22(29)14-32-23-26-20-13-19(28(30)31)11-12-21(20)27(23)18-9-7-17(24)8-10-18/h2-13,15H,14H2,1H3,(H,25,29)/t15-/m1/s1. The Kier molecular flexibility index (Phi) is 6.18. The minimum atomic E-state index is -0.485. The van der Waals surface area contributed by atoms with Crippen molar-refractivity contribution in [3.63, 3.8) is 0 Å². The van der Waals surface area contributed by atoms with E-state index in [1.807, 2.05) is 37.3 Å². The summed E-state index contributed by atoms with van der Waals surface area (Å²) in [6.07, 6.45) is 0. The molecule has 0 saturated heterocycles. The van der Waals surface area contributed by atoms with Crippen LogP contribution in [0.25, 0.3) is 16.7 Å². The average molecular weight is 450 g/mol. The Morgan fingerprint density at radius 2 is 1.88 bits per heavy atom. The zero-order chi connectivity index (χ0) is 22.7. The number of nitrogens with one attached hydrogen (secondary N) is 1. The molecule has 1 atom stereocenters. The highest BCUT2D eigenvalue weighted by Crippen LogP contribution is 2.30. The molecule has 0 aliphatic rings. The van der Waals surface area contributed by atoms with Gasteiger partial charge in [-0.2, -0.15) is 0 Å². The number of amides is 1. The molecule has 9 heteroatoms. The van der Waals surface area contributed by atoms with Gasteiger partial charge in [-0.1, -0.05) is 42.1 Å². The van der Waals surface area contributed by atoms with Gasteiger partial charge < -0.3 is 5.32 Å². The number of thioether (sulfide) groups is 1. The first kappa shape index (κ1) is 21.5. The topological polar surface area (TPSA) is 90.1 Å². The maximum absolute atomic E-state index is 13.4. The number of hydrogen-bond donors (Lipinski definition) is 1. The third-order valence-corrected chi connectivity index (χ3v) is 5.85. The summed E-state index contributed by atoms with van der Waals surface area (Å²) in [6.45, 7) is 1.91. The highest BCUT2D eigenvalue weighted by Gasteiger charge is 2.18. The Morgan fingerprint density at radius 3 is 2.56 bits per heavy atom. The van der Waals surface area contributed by atoms with Crippen LogP contribution >= 0.6 is 11.8 Å². The summed E-state index contributed by atoms with van der Waals surface area (Å²) in [5.41, 5.74) is 2.61. The summed E-state index contributed by atoms with van der Waals surface area (Å²) < 4.78 is 15.2. The molecule has 162 valence electrons.